The molecular formula is C15H24N6. The van der Waals surface area contributed by atoms with E-state index in [2.05, 4.69) is 45.1 Å². The van der Waals surface area contributed by atoms with Gasteiger partial charge in [-0.2, -0.15) is 5.10 Å². The number of rotatable bonds is 5. The van der Waals surface area contributed by atoms with Gasteiger partial charge in [0.05, 0.1) is 11.7 Å². The van der Waals surface area contributed by atoms with Crippen molar-refractivity contribution >= 4 is 0 Å². The molecule has 0 amide bonds. The molecule has 2 aromatic heterocycles. The molecular weight excluding hydrogens is 264 g/mol. The van der Waals surface area contributed by atoms with Gasteiger partial charge in [-0.3, -0.25) is 4.68 Å². The van der Waals surface area contributed by atoms with Crippen LogP contribution < -0.4 is 5.32 Å². The molecule has 0 saturated heterocycles. The molecule has 3 rings (SSSR count). The number of hydrogen-bond acceptors (Lipinski definition) is 4. The molecule has 21 heavy (non-hydrogen) atoms. The third kappa shape index (κ3) is 3.00. The molecule has 6 nitrogen and oxygen atoms in total. The first-order valence-electron chi connectivity index (χ1n) is 7.95. The number of hydrogen-bond donors (Lipinski definition) is 1. The predicted octanol–water partition coefficient (Wildman–Crippen LogP) is 2.07. The van der Waals surface area contributed by atoms with Gasteiger partial charge in [0.2, 0.25) is 0 Å². The quantitative estimate of drug-likeness (QED) is 0.915. The van der Waals surface area contributed by atoms with E-state index >= 15 is 0 Å². The summed E-state index contributed by atoms with van der Waals surface area (Å²) in [6.07, 6.45) is 6.67. The van der Waals surface area contributed by atoms with E-state index in [9.17, 15) is 0 Å². The number of nitrogens with one attached hydrogen (secondary N) is 1. The Hall–Kier alpha value is -1.69. The van der Waals surface area contributed by atoms with Crippen LogP contribution in [0.4, 0.5) is 0 Å². The first-order chi connectivity index (χ1) is 10.3. The second kappa shape index (κ2) is 6.39. The van der Waals surface area contributed by atoms with Crippen molar-refractivity contribution in [2.24, 2.45) is 0 Å². The first-order valence-corrected chi connectivity index (χ1v) is 7.95. The number of aryl methyl sites for hydroxylation is 2. The summed E-state index contributed by atoms with van der Waals surface area (Å²) >= 11 is 0. The van der Waals surface area contributed by atoms with Crippen LogP contribution in [0.15, 0.2) is 12.3 Å². The van der Waals surface area contributed by atoms with Crippen LogP contribution in [0, 0.1) is 0 Å². The Morgan fingerprint density at radius 2 is 2.19 bits per heavy atom. The zero-order valence-electron chi connectivity index (χ0n) is 12.9. The van der Waals surface area contributed by atoms with E-state index in [1.165, 1.54) is 25.0 Å². The molecule has 2 aromatic rings. The van der Waals surface area contributed by atoms with Gasteiger partial charge in [0, 0.05) is 32.3 Å². The van der Waals surface area contributed by atoms with Gasteiger partial charge in [0.1, 0.15) is 11.6 Å². The lowest BCUT2D eigenvalue weighted by Crippen LogP contribution is -2.23. The van der Waals surface area contributed by atoms with E-state index in [1.54, 1.807) is 0 Å². The molecule has 6 heteroatoms. The Morgan fingerprint density at radius 3 is 3.05 bits per heavy atom. The summed E-state index contributed by atoms with van der Waals surface area (Å²) < 4.78 is 4.33. The lowest BCUT2D eigenvalue weighted by Gasteiger charge is -2.15. The van der Waals surface area contributed by atoms with Gasteiger partial charge < -0.3 is 9.88 Å². The monoisotopic (exact) mass is 288 g/mol. The molecule has 1 unspecified atom stereocenters. The smallest absolute Gasteiger partial charge is 0.149 e. The molecule has 0 bridgehead atoms. The van der Waals surface area contributed by atoms with Crippen LogP contribution in [0.5, 0.6) is 0 Å². The van der Waals surface area contributed by atoms with Crippen molar-refractivity contribution in [2.75, 3.05) is 0 Å². The Morgan fingerprint density at radius 1 is 1.29 bits per heavy atom. The summed E-state index contributed by atoms with van der Waals surface area (Å²) in [5, 5.41) is 16.6. The second-order valence-electron chi connectivity index (χ2n) is 5.68. The Balaban J connectivity index is 1.68. The minimum atomic E-state index is 0.199. The average Bonchev–Trinajstić information content (AvgIpc) is 3.05. The highest BCUT2D eigenvalue weighted by atomic mass is 15.3. The van der Waals surface area contributed by atoms with Gasteiger partial charge in [-0.15, -0.1) is 10.2 Å². The SMILES string of the molecule is CCn1nccc1CNC(C)c1nnc2n1CCCCC2. The minimum Gasteiger partial charge on any atom is -0.314 e. The molecule has 0 radical (unpaired) electrons. The molecule has 0 spiro atoms. The Kier molecular flexibility index (Phi) is 4.34. The van der Waals surface area contributed by atoms with Crippen molar-refractivity contribution in [3.63, 3.8) is 0 Å². The van der Waals surface area contributed by atoms with Crippen molar-refractivity contribution in [1.82, 2.24) is 29.9 Å². The van der Waals surface area contributed by atoms with Crippen molar-refractivity contribution in [3.8, 4) is 0 Å². The van der Waals surface area contributed by atoms with Crippen LogP contribution in [0.25, 0.3) is 0 Å². The molecule has 1 aliphatic rings. The highest BCUT2D eigenvalue weighted by Gasteiger charge is 2.19. The van der Waals surface area contributed by atoms with E-state index in [0.717, 1.165) is 37.7 Å². The zero-order valence-corrected chi connectivity index (χ0v) is 12.9. The third-order valence-corrected chi connectivity index (χ3v) is 4.22. The molecule has 0 fully saturated rings. The maximum Gasteiger partial charge on any atom is 0.149 e. The highest BCUT2D eigenvalue weighted by molar-refractivity contribution is 5.04. The zero-order chi connectivity index (χ0) is 14.7. The third-order valence-electron chi connectivity index (χ3n) is 4.22. The average molecular weight is 288 g/mol. The molecule has 0 aromatic carbocycles. The topological polar surface area (TPSA) is 60.6 Å². The molecule has 1 aliphatic heterocycles. The van der Waals surface area contributed by atoms with Gasteiger partial charge in [-0.1, -0.05) is 6.42 Å². The predicted molar refractivity (Wildman–Crippen MR) is 80.7 cm³/mol. The van der Waals surface area contributed by atoms with E-state index in [-0.39, 0.29) is 6.04 Å². The summed E-state index contributed by atoms with van der Waals surface area (Å²) in [5.41, 5.74) is 1.21. The lowest BCUT2D eigenvalue weighted by atomic mass is 10.2. The van der Waals surface area contributed by atoms with E-state index in [4.69, 9.17) is 0 Å². The molecule has 0 aliphatic carbocycles. The molecule has 1 atom stereocenters. The number of aromatic nitrogens is 5. The second-order valence-corrected chi connectivity index (χ2v) is 5.68. The van der Waals surface area contributed by atoms with Gasteiger partial charge in [-0.25, -0.2) is 0 Å². The van der Waals surface area contributed by atoms with Gasteiger partial charge in [0.15, 0.2) is 0 Å². The molecule has 114 valence electrons. The highest BCUT2D eigenvalue weighted by Crippen LogP contribution is 2.18. The Labute approximate surface area is 125 Å². The fraction of sp³-hybridized carbons (Fsp3) is 0.667. The fourth-order valence-corrected chi connectivity index (χ4v) is 2.97. The molecule has 0 saturated carbocycles. The van der Waals surface area contributed by atoms with Gasteiger partial charge in [-0.05, 0) is 32.8 Å². The maximum absolute atomic E-state index is 4.41. The van der Waals surface area contributed by atoms with Crippen molar-refractivity contribution in [2.45, 2.75) is 65.2 Å². The Bertz CT molecular complexity index is 585. The van der Waals surface area contributed by atoms with Crippen LogP contribution in [-0.2, 0) is 26.1 Å². The van der Waals surface area contributed by atoms with E-state index < -0.39 is 0 Å². The van der Waals surface area contributed by atoms with Gasteiger partial charge >= 0.3 is 0 Å². The normalized spacial score (nSPS) is 16.5. The van der Waals surface area contributed by atoms with Crippen LogP contribution in [0.1, 0.15) is 56.5 Å². The standard InChI is InChI=1S/C15H24N6/c1-3-21-13(8-9-17-21)11-16-12(2)15-19-18-14-7-5-4-6-10-20(14)15/h8-9,12,16H,3-7,10-11H2,1-2H3. The largest absolute Gasteiger partial charge is 0.314 e. The van der Waals surface area contributed by atoms with E-state index in [1.807, 2.05) is 10.9 Å². The summed E-state index contributed by atoms with van der Waals surface area (Å²) in [6, 6.07) is 2.26. The van der Waals surface area contributed by atoms with Crippen LogP contribution >= 0.6 is 0 Å². The summed E-state index contributed by atoms with van der Waals surface area (Å²) in [4.78, 5) is 0. The molecule has 3 heterocycles. The number of fused-ring (bicyclic) bond motifs is 1. The van der Waals surface area contributed by atoms with Crippen LogP contribution in [0.3, 0.4) is 0 Å². The summed E-state index contributed by atoms with van der Waals surface area (Å²) in [6.45, 7) is 7.03. The van der Waals surface area contributed by atoms with Crippen molar-refractivity contribution in [1.29, 1.82) is 0 Å². The fourth-order valence-electron chi connectivity index (χ4n) is 2.97. The van der Waals surface area contributed by atoms with Crippen LogP contribution in [0.2, 0.25) is 0 Å². The molecule has 1 N–H and O–H groups in total. The van der Waals surface area contributed by atoms with Crippen LogP contribution in [-0.4, -0.2) is 24.5 Å². The van der Waals surface area contributed by atoms with E-state index in [0.29, 0.717) is 0 Å². The maximum atomic E-state index is 4.41. The van der Waals surface area contributed by atoms with Crippen molar-refractivity contribution in [3.05, 3.63) is 29.6 Å². The summed E-state index contributed by atoms with van der Waals surface area (Å²) in [7, 11) is 0. The van der Waals surface area contributed by atoms with Crippen molar-refractivity contribution < 1.29 is 0 Å². The lowest BCUT2D eigenvalue weighted by molar-refractivity contribution is 0.485. The minimum absolute atomic E-state index is 0.199. The summed E-state index contributed by atoms with van der Waals surface area (Å²) in [5.74, 6) is 2.21. The first kappa shape index (κ1) is 14.3. The van der Waals surface area contributed by atoms with Gasteiger partial charge in [0.25, 0.3) is 0 Å². The number of nitrogens with zero attached hydrogens (tertiary/aromatic N) is 5.